The fourth-order valence-electron chi connectivity index (χ4n) is 5.02. The van der Waals surface area contributed by atoms with Gasteiger partial charge < -0.3 is 15.8 Å². The molecule has 4 rings (SSSR count). The number of aromatic nitrogens is 1. The minimum absolute atomic E-state index is 0.0307. The molecule has 2 aromatic heterocycles. The molecule has 1 atom stereocenters. The number of nitrogens with zero attached hydrogens (tertiary/aromatic N) is 2. The molecule has 154 valence electrons. The monoisotopic (exact) mass is 430 g/mol. The Balaban J connectivity index is 1.46. The normalized spacial score (nSPS) is 23.3. The third-order valence-corrected chi connectivity index (χ3v) is 8.04. The predicted octanol–water partition coefficient (Wildman–Crippen LogP) is 4.79. The van der Waals surface area contributed by atoms with Crippen LogP contribution in [-0.2, 0) is 16.7 Å². The molecule has 7 heteroatoms. The number of thiophene rings is 1. The van der Waals surface area contributed by atoms with E-state index in [0.717, 1.165) is 50.1 Å². The molecule has 2 fully saturated rings. The number of ether oxygens (including phenoxy) is 1. The molecule has 1 saturated heterocycles. The molecule has 5 nitrogen and oxygen atoms in total. The van der Waals surface area contributed by atoms with Gasteiger partial charge in [-0.25, -0.2) is 0 Å². The SMILES string of the molecule is N#Cc1c(N)sc(CNCC[C@@]2(c3ccccn3)CCOC3(CCCC3)C2)c1Cl. The highest BCUT2D eigenvalue weighted by Gasteiger charge is 2.48. The van der Waals surface area contributed by atoms with Crippen molar-refractivity contribution in [2.45, 2.75) is 62.5 Å². The second-order valence-corrected chi connectivity index (χ2v) is 9.79. The molecule has 1 saturated carbocycles. The molecule has 0 unspecified atom stereocenters. The van der Waals surface area contributed by atoms with E-state index in [4.69, 9.17) is 32.3 Å². The highest BCUT2D eigenvalue weighted by atomic mass is 35.5. The molecular weight excluding hydrogens is 404 g/mol. The number of hydrogen-bond acceptors (Lipinski definition) is 6. The van der Waals surface area contributed by atoms with Gasteiger partial charge in [0.25, 0.3) is 0 Å². The van der Waals surface area contributed by atoms with Crippen molar-refractivity contribution < 1.29 is 4.74 Å². The van der Waals surface area contributed by atoms with E-state index < -0.39 is 0 Å². The number of nitrogens with two attached hydrogens (primary N) is 1. The third kappa shape index (κ3) is 4.15. The number of anilines is 1. The largest absolute Gasteiger partial charge is 0.389 e. The van der Waals surface area contributed by atoms with Crippen molar-refractivity contribution in [1.82, 2.24) is 10.3 Å². The lowest BCUT2D eigenvalue weighted by atomic mass is 9.68. The number of rotatable bonds is 6. The first-order chi connectivity index (χ1) is 14.1. The van der Waals surface area contributed by atoms with Gasteiger partial charge in [0, 0.05) is 35.3 Å². The standard InChI is InChI=1S/C22H27ClN4OS/c23-19-16(13-24)20(25)29-17(19)14-26-11-8-21(18-5-1-4-10-27-18)9-12-28-22(15-21)6-2-3-7-22/h1,4-5,10,26H,2-3,6-9,11-12,14-15,25H2/t21-/m1/s1. The van der Waals surface area contributed by atoms with Crippen molar-refractivity contribution >= 4 is 27.9 Å². The van der Waals surface area contributed by atoms with E-state index in [1.54, 1.807) is 0 Å². The second kappa shape index (κ2) is 8.61. The van der Waals surface area contributed by atoms with Gasteiger partial charge in [0.15, 0.2) is 0 Å². The van der Waals surface area contributed by atoms with Crippen molar-refractivity contribution in [3.05, 3.63) is 45.6 Å². The lowest BCUT2D eigenvalue weighted by molar-refractivity contribution is -0.104. The molecule has 0 amide bonds. The number of halogens is 1. The van der Waals surface area contributed by atoms with Gasteiger partial charge in [-0.05, 0) is 50.8 Å². The summed E-state index contributed by atoms with van der Waals surface area (Å²) >= 11 is 7.69. The van der Waals surface area contributed by atoms with Gasteiger partial charge in [0.05, 0.1) is 10.6 Å². The minimum Gasteiger partial charge on any atom is -0.389 e. The van der Waals surface area contributed by atoms with Crippen molar-refractivity contribution in [2.75, 3.05) is 18.9 Å². The Hall–Kier alpha value is -1.65. The Morgan fingerprint density at radius 2 is 2.14 bits per heavy atom. The van der Waals surface area contributed by atoms with E-state index in [1.165, 1.54) is 29.9 Å². The Morgan fingerprint density at radius 1 is 1.31 bits per heavy atom. The molecule has 0 radical (unpaired) electrons. The van der Waals surface area contributed by atoms with Gasteiger partial charge in [-0.2, -0.15) is 5.26 Å². The number of nitrogens with one attached hydrogen (secondary N) is 1. The first kappa shape index (κ1) is 20.6. The molecule has 1 aliphatic heterocycles. The Labute approximate surface area is 181 Å². The van der Waals surface area contributed by atoms with Gasteiger partial charge >= 0.3 is 0 Å². The second-order valence-electron chi connectivity index (χ2n) is 8.28. The molecule has 0 bridgehead atoms. The summed E-state index contributed by atoms with van der Waals surface area (Å²) in [7, 11) is 0. The van der Waals surface area contributed by atoms with Crippen molar-refractivity contribution in [3.63, 3.8) is 0 Å². The van der Waals surface area contributed by atoms with Crippen molar-refractivity contribution in [2.24, 2.45) is 0 Å². The summed E-state index contributed by atoms with van der Waals surface area (Å²) in [6.07, 6.45) is 9.79. The van der Waals surface area contributed by atoms with Gasteiger partial charge in [-0.15, -0.1) is 11.3 Å². The summed E-state index contributed by atoms with van der Waals surface area (Å²) < 4.78 is 6.31. The van der Waals surface area contributed by atoms with E-state index in [0.29, 0.717) is 22.1 Å². The summed E-state index contributed by atoms with van der Waals surface area (Å²) in [5.74, 6) is 0. The predicted molar refractivity (Wildman–Crippen MR) is 117 cm³/mol. The number of nitriles is 1. The summed E-state index contributed by atoms with van der Waals surface area (Å²) in [6, 6.07) is 8.33. The molecule has 3 heterocycles. The van der Waals surface area contributed by atoms with Crippen LogP contribution in [-0.4, -0.2) is 23.7 Å². The summed E-state index contributed by atoms with van der Waals surface area (Å²) in [6.45, 7) is 2.27. The zero-order valence-corrected chi connectivity index (χ0v) is 18.1. The quantitative estimate of drug-likeness (QED) is 0.643. The molecule has 2 aliphatic rings. The van der Waals surface area contributed by atoms with Crippen LogP contribution in [0.4, 0.5) is 5.00 Å². The first-order valence-electron chi connectivity index (χ1n) is 10.3. The third-order valence-electron chi connectivity index (χ3n) is 6.49. The molecule has 1 spiro atoms. The zero-order chi connectivity index (χ0) is 20.3. The Morgan fingerprint density at radius 3 is 2.83 bits per heavy atom. The van der Waals surface area contributed by atoms with Crippen LogP contribution in [0.2, 0.25) is 5.02 Å². The van der Waals surface area contributed by atoms with E-state index in [2.05, 4.69) is 23.5 Å². The van der Waals surface area contributed by atoms with Crippen LogP contribution in [0.3, 0.4) is 0 Å². The van der Waals surface area contributed by atoms with Gasteiger partial charge in [0.1, 0.15) is 16.6 Å². The van der Waals surface area contributed by atoms with Crippen LogP contribution in [0.25, 0.3) is 0 Å². The first-order valence-corrected chi connectivity index (χ1v) is 11.5. The van der Waals surface area contributed by atoms with Crippen LogP contribution in [0, 0.1) is 11.3 Å². The number of pyridine rings is 1. The average molecular weight is 431 g/mol. The fraction of sp³-hybridized carbons (Fsp3) is 0.545. The fourth-order valence-corrected chi connectivity index (χ4v) is 6.28. The van der Waals surface area contributed by atoms with Gasteiger partial charge in [-0.3, -0.25) is 4.98 Å². The molecule has 1 aliphatic carbocycles. The lowest BCUT2D eigenvalue weighted by Gasteiger charge is -2.46. The van der Waals surface area contributed by atoms with E-state index in [9.17, 15) is 0 Å². The van der Waals surface area contributed by atoms with Crippen LogP contribution in [0.1, 0.15) is 61.1 Å². The van der Waals surface area contributed by atoms with Crippen molar-refractivity contribution in [1.29, 1.82) is 5.26 Å². The maximum atomic E-state index is 9.17. The molecule has 0 aromatic carbocycles. The topological polar surface area (TPSA) is 84.0 Å². The van der Waals surface area contributed by atoms with Gasteiger partial charge in [0.2, 0.25) is 0 Å². The highest BCUT2D eigenvalue weighted by Crippen LogP contribution is 2.49. The maximum Gasteiger partial charge on any atom is 0.106 e. The number of nitrogen functional groups attached to an aromatic ring is 1. The van der Waals surface area contributed by atoms with E-state index in [1.807, 2.05) is 12.3 Å². The van der Waals surface area contributed by atoms with E-state index >= 15 is 0 Å². The summed E-state index contributed by atoms with van der Waals surface area (Å²) in [4.78, 5) is 5.67. The average Bonchev–Trinajstić information content (AvgIpc) is 3.29. The van der Waals surface area contributed by atoms with Gasteiger partial charge in [-0.1, -0.05) is 30.5 Å². The smallest absolute Gasteiger partial charge is 0.106 e. The van der Waals surface area contributed by atoms with Crippen LogP contribution >= 0.6 is 22.9 Å². The molecular formula is C22H27ClN4OS. The Bertz CT molecular complexity index is 888. The molecule has 2 aromatic rings. The van der Waals surface area contributed by atoms with Crippen molar-refractivity contribution in [3.8, 4) is 6.07 Å². The van der Waals surface area contributed by atoms with Crippen LogP contribution < -0.4 is 11.1 Å². The number of hydrogen-bond donors (Lipinski definition) is 2. The maximum absolute atomic E-state index is 9.17. The van der Waals surface area contributed by atoms with E-state index in [-0.39, 0.29) is 11.0 Å². The minimum atomic E-state index is 0.0307. The molecule has 29 heavy (non-hydrogen) atoms. The lowest BCUT2D eigenvalue weighted by Crippen LogP contribution is -2.47. The molecule has 3 N–H and O–H groups in total. The van der Waals surface area contributed by atoms with Crippen LogP contribution in [0.15, 0.2) is 24.4 Å². The Kier molecular flexibility index (Phi) is 6.12. The highest BCUT2D eigenvalue weighted by molar-refractivity contribution is 7.16. The summed E-state index contributed by atoms with van der Waals surface area (Å²) in [5, 5.41) is 13.7. The summed E-state index contributed by atoms with van der Waals surface area (Å²) in [5.41, 5.74) is 7.54. The van der Waals surface area contributed by atoms with Crippen LogP contribution in [0.5, 0.6) is 0 Å². The zero-order valence-electron chi connectivity index (χ0n) is 16.5.